The normalized spacial score (nSPS) is 10.9. The zero-order valence-corrected chi connectivity index (χ0v) is 13.3. The first-order valence-corrected chi connectivity index (χ1v) is 7.73. The van der Waals surface area contributed by atoms with Crippen LogP contribution in [0, 0.1) is 0 Å². The fraction of sp³-hybridized carbons (Fsp3) is 0.286. The van der Waals surface area contributed by atoms with Crippen LogP contribution in [0.25, 0.3) is 0 Å². The van der Waals surface area contributed by atoms with Gasteiger partial charge in [-0.25, -0.2) is 9.97 Å². The molecule has 0 unspecified atom stereocenters. The van der Waals surface area contributed by atoms with Crippen molar-refractivity contribution in [1.29, 1.82) is 0 Å². The van der Waals surface area contributed by atoms with Crippen LogP contribution in [0.15, 0.2) is 51.2 Å². The Morgan fingerprint density at radius 3 is 2.79 bits per heavy atom. The third-order valence-electron chi connectivity index (χ3n) is 2.45. The van der Waals surface area contributed by atoms with E-state index in [-0.39, 0.29) is 0 Å². The van der Waals surface area contributed by atoms with E-state index < -0.39 is 0 Å². The van der Waals surface area contributed by atoms with Gasteiger partial charge in [-0.3, -0.25) is 0 Å². The number of nitrogens with one attached hydrogen (secondary N) is 1. The van der Waals surface area contributed by atoms with Crippen LogP contribution < -0.4 is 5.32 Å². The summed E-state index contributed by atoms with van der Waals surface area (Å²) in [6.45, 7) is 5.10. The number of pyridine rings is 2. The molecule has 100 valence electrons. The molecule has 5 heteroatoms. The van der Waals surface area contributed by atoms with Gasteiger partial charge in [0, 0.05) is 29.5 Å². The molecule has 2 heterocycles. The maximum absolute atomic E-state index is 4.45. The molecule has 2 rings (SSSR count). The van der Waals surface area contributed by atoms with E-state index in [1.807, 2.05) is 24.4 Å². The van der Waals surface area contributed by atoms with Crippen molar-refractivity contribution in [3.63, 3.8) is 0 Å². The molecule has 19 heavy (non-hydrogen) atoms. The molecule has 0 aromatic carbocycles. The molecule has 0 aliphatic carbocycles. The highest BCUT2D eigenvalue weighted by atomic mass is 79.9. The minimum absolute atomic E-state index is 0.462. The highest BCUT2D eigenvalue weighted by Crippen LogP contribution is 2.27. The Labute approximate surface area is 126 Å². The summed E-state index contributed by atoms with van der Waals surface area (Å²) in [7, 11) is 0. The molecule has 0 aliphatic rings. The van der Waals surface area contributed by atoms with Crippen molar-refractivity contribution in [2.75, 3.05) is 0 Å². The van der Waals surface area contributed by atoms with Crippen LogP contribution in [0.2, 0.25) is 0 Å². The zero-order valence-electron chi connectivity index (χ0n) is 10.9. The van der Waals surface area contributed by atoms with Gasteiger partial charge in [0.1, 0.15) is 10.1 Å². The quantitative estimate of drug-likeness (QED) is 0.898. The Balaban J connectivity index is 2.13. The molecule has 0 fully saturated rings. The molecule has 0 amide bonds. The zero-order chi connectivity index (χ0) is 13.7. The maximum Gasteiger partial charge on any atom is 0.107 e. The molecule has 2 aromatic heterocycles. The van der Waals surface area contributed by atoms with E-state index in [2.05, 4.69) is 51.1 Å². The molecule has 0 atom stereocenters. The average molecular weight is 338 g/mol. The summed E-state index contributed by atoms with van der Waals surface area (Å²) < 4.78 is 0.986. The standard InChI is InChI=1S/C14H16BrN3S/c1-10(2)17-8-11-4-3-7-16-14(11)19-13-6-5-12(15)9-18-13/h3-7,9-10,17H,8H2,1-2H3. The molecular weight excluding hydrogens is 322 g/mol. The molecular formula is C14H16BrN3S. The number of nitrogens with zero attached hydrogens (tertiary/aromatic N) is 2. The van der Waals surface area contributed by atoms with E-state index >= 15 is 0 Å². The van der Waals surface area contributed by atoms with Crippen molar-refractivity contribution in [3.05, 3.63) is 46.7 Å². The summed E-state index contributed by atoms with van der Waals surface area (Å²) in [4.78, 5) is 8.81. The fourth-order valence-electron chi connectivity index (χ4n) is 1.49. The lowest BCUT2D eigenvalue weighted by molar-refractivity contribution is 0.582. The van der Waals surface area contributed by atoms with E-state index in [0.717, 1.165) is 21.1 Å². The van der Waals surface area contributed by atoms with Crippen LogP contribution in [-0.2, 0) is 6.54 Å². The Hall–Kier alpha value is -0.910. The molecule has 2 aromatic rings. The Morgan fingerprint density at radius 2 is 2.11 bits per heavy atom. The van der Waals surface area contributed by atoms with Crippen molar-refractivity contribution >= 4 is 27.7 Å². The number of hydrogen-bond acceptors (Lipinski definition) is 4. The van der Waals surface area contributed by atoms with E-state index in [1.54, 1.807) is 18.0 Å². The van der Waals surface area contributed by atoms with Gasteiger partial charge in [0.2, 0.25) is 0 Å². The van der Waals surface area contributed by atoms with Crippen molar-refractivity contribution in [2.24, 2.45) is 0 Å². The van der Waals surface area contributed by atoms with Crippen LogP contribution >= 0.6 is 27.7 Å². The lowest BCUT2D eigenvalue weighted by Gasteiger charge is -2.11. The van der Waals surface area contributed by atoms with Gasteiger partial charge in [-0.15, -0.1) is 0 Å². The predicted octanol–water partition coefficient (Wildman–Crippen LogP) is 3.89. The van der Waals surface area contributed by atoms with Crippen LogP contribution in [-0.4, -0.2) is 16.0 Å². The second-order valence-electron chi connectivity index (χ2n) is 4.42. The number of hydrogen-bond donors (Lipinski definition) is 1. The van der Waals surface area contributed by atoms with Gasteiger partial charge < -0.3 is 5.32 Å². The van der Waals surface area contributed by atoms with Crippen LogP contribution in [0.1, 0.15) is 19.4 Å². The summed E-state index contributed by atoms with van der Waals surface area (Å²) in [6.07, 6.45) is 3.62. The summed E-state index contributed by atoms with van der Waals surface area (Å²) in [5, 5.41) is 5.37. The molecule has 0 spiro atoms. The van der Waals surface area contributed by atoms with Crippen LogP contribution in [0.3, 0.4) is 0 Å². The summed E-state index contributed by atoms with van der Waals surface area (Å²) in [5.41, 5.74) is 1.20. The molecule has 0 aliphatic heterocycles. The van der Waals surface area contributed by atoms with Gasteiger partial charge >= 0.3 is 0 Å². The van der Waals surface area contributed by atoms with Crippen molar-refractivity contribution in [2.45, 2.75) is 36.5 Å². The molecule has 0 saturated heterocycles. The Bertz CT molecular complexity index is 528. The average Bonchev–Trinajstić information content (AvgIpc) is 2.40. The van der Waals surface area contributed by atoms with Gasteiger partial charge in [-0.05, 0) is 51.5 Å². The van der Waals surface area contributed by atoms with Crippen LogP contribution in [0.5, 0.6) is 0 Å². The minimum atomic E-state index is 0.462. The van der Waals surface area contributed by atoms with Gasteiger partial charge in [-0.2, -0.15) is 0 Å². The third kappa shape index (κ3) is 4.60. The van der Waals surface area contributed by atoms with E-state index in [4.69, 9.17) is 0 Å². The number of rotatable bonds is 5. The van der Waals surface area contributed by atoms with E-state index in [9.17, 15) is 0 Å². The van der Waals surface area contributed by atoms with Gasteiger partial charge in [0.05, 0.1) is 0 Å². The fourth-order valence-corrected chi connectivity index (χ4v) is 2.55. The highest BCUT2D eigenvalue weighted by Gasteiger charge is 2.07. The predicted molar refractivity (Wildman–Crippen MR) is 82.3 cm³/mol. The first-order chi connectivity index (χ1) is 9.15. The van der Waals surface area contributed by atoms with Gasteiger partial charge in [-0.1, -0.05) is 19.9 Å². The smallest absolute Gasteiger partial charge is 0.107 e. The second kappa shape index (κ2) is 7.03. The van der Waals surface area contributed by atoms with Crippen molar-refractivity contribution in [1.82, 2.24) is 15.3 Å². The largest absolute Gasteiger partial charge is 0.310 e. The molecule has 0 radical (unpaired) electrons. The van der Waals surface area contributed by atoms with Crippen LogP contribution in [0.4, 0.5) is 0 Å². The monoisotopic (exact) mass is 337 g/mol. The molecule has 1 N–H and O–H groups in total. The van der Waals surface area contributed by atoms with E-state index in [1.165, 1.54) is 5.56 Å². The summed E-state index contributed by atoms with van der Waals surface area (Å²) in [6, 6.07) is 8.51. The Kier molecular flexibility index (Phi) is 5.36. The summed E-state index contributed by atoms with van der Waals surface area (Å²) in [5.74, 6) is 0. The summed E-state index contributed by atoms with van der Waals surface area (Å²) >= 11 is 4.98. The van der Waals surface area contributed by atoms with Crippen molar-refractivity contribution in [3.8, 4) is 0 Å². The molecule has 0 bridgehead atoms. The first kappa shape index (κ1) is 14.5. The van der Waals surface area contributed by atoms with E-state index in [0.29, 0.717) is 6.04 Å². The van der Waals surface area contributed by atoms with Gasteiger partial charge in [0.25, 0.3) is 0 Å². The topological polar surface area (TPSA) is 37.8 Å². The lowest BCUT2D eigenvalue weighted by Crippen LogP contribution is -2.22. The maximum atomic E-state index is 4.45. The highest BCUT2D eigenvalue weighted by molar-refractivity contribution is 9.10. The number of halogens is 1. The first-order valence-electron chi connectivity index (χ1n) is 6.12. The molecule has 3 nitrogen and oxygen atoms in total. The SMILES string of the molecule is CC(C)NCc1cccnc1Sc1ccc(Br)cn1. The van der Waals surface area contributed by atoms with Gasteiger partial charge in [0.15, 0.2) is 0 Å². The number of aromatic nitrogens is 2. The lowest BCUT2D eigenvalue weighted by atomic mass is 10.2. The minimum Gasteiger partial charge on any atom is -0.310 e. The van der Waals surface area contributed by atoms with Crippen molar-refractivity contribution < 1.29 is 0 Å². The third-order valence-corrected chi connectivity index (χ3v) is 3.93. The Morgan fingerprint density at radius 1 is 1.26 bits per heavy atom. The second-order valence-corrected chi connectivity index (χ2v) is 6.34. The molecule has 0 saturated carbocycles.